The Balaban J connectivity index is 1.72. The first-order valence-corrected chi connectivity index (χ1v) is 16.5. The maximum Gasteiger partial charge on any atom is 0.511 e. The normalized spacial score (nSPS) is 16.2. The third-order valence-electron chi connectivity index (χ3n) is 7.89. The molecule has 9 heteroatoms. The van der Waals surface area contributed by atoms with Crippen molar-refractivity contribution in [2.45, 2.75) is 83.9 Å². The van der Waals surface area contributed by atoms with Gasteiger partial charge < -0.3 is 15.4 Å². The highest BCUT2D eigenvalue weighted by Crippen LogP contribution is 2.34. The largest absolute Gasteiger partial charge is 0.511 e. The molecule has 0 aromatic heterocycles. The first-order chi connectivity index (χ1) is 20.2. The summed E-state index contributed by atoms with van der Waals surface area (Å²) in [4.78, 5) is 38.9. The Kier molecular flexibility index (Phi) is 14.1. The summed E-state index contributed by atoms with van der Waals surface area (Å²) in [7, 11) is -0.938. The Morgan fingerprint density at radius 2 is 1.52 bits per heavy atom. The van der Waals surface area contributed by atoms with Crippen LogP contribution in [0.25, 0.3) is 0 Å². The van der Waals surface area contributed by atoms with E-state index in [4.69, 9.17) is 9.26 Å². The number of rotatable bonds is 16. The number of nitrogens with one attached hydrogen (secondary N) is 2. The zero-order valence-electron chi connectivity index (χ0n) is 25.1. The molecule has 1 saturated carbocycles. The lowest BCUT2D eigenvalue weighted by Crippen LogP contribution is -2.51. The molecule has 8 nitrogen and oxygen atoms in total. The van der Waals surface area contributed by atoms with Crippen LogP contribution >= 0.6 is 8.03 Å². The predicted octanol–water partition coefficient (Wildman–Crippen LogP) is 5.96. The van der Waals surface area contributed by atoms with E-state index in [9.17, 15) is 18.9 Å². The fourth-order valence-electron chi connectivity index (χ4n) is 5.40. The number of carbonyl (C=O) groups excluding carboxylic acids is 3. The van der Waals surface area contributed by atoms with Crippen LogP contribution in [-0.2, 0) is 41.1 Å². The Morgan fingerprint density at radius 3 is 2.12 bits per heavy atom. The van der Waals surface area contributed by atoms with Crippen LogP contribution in [0.4, 0.5) is 0 Å². The minimum atomic E-state index is -2.26. The standard InChI is InChI=1S/C33H45N2O6P/c1-24(2)28(33(38)40-3)23-42(39)41-31(22-27-17-11-6-12-18-27)35-32(37)29(21-26-15-9-5-10-16-26)34-30(36)20-19-25-13-7-4-8-14-25/h4-5,7-10,13-16,24,27-29,31H,6,11-12,17-23H2,1-3H3,(H-,34,35,36,37)/p+1/t28?,29-,31?/m0/s1. The lowest BCUT2D eigenvalue weighted by molar-refractivity contribution is -0.146. The van der Waals surface area contributed by atoms with E-state index < -0.39 is 32.2 Å². The van der Waals surface area contributed by atoms with Crippen molar-refractivity contribution in [1.29, 1.82) is 0 Å². The second-order valence-corrected chi connectivity index (χ2v) is 12.8. The highest BCUT2D eigenvalue weighted by Gasteiger charge is 2.37. The second-order valence-electron chi connectivity index (χ2n) is 11.5. The molecule has 1 aliphatic rings. The average Bonchev–Trinajstić information content (AvgIpc) is 2.99. The van der Waals surface area contributed by atoms with Crippen LogP contribution in [0, 0.1) is 17.8 Å². The van der Waals surface area contributed by atoms with Crippen molar-refractivity contribution >= 4 is 25.8 Å². The number of amides is 2. The SMILES string of the molecule is COC(=O)C(C[P+](=O)OC(CC1CCCCC1)NC(=O)[C@H](Cc1ccccc1)NC(=O)CCc1ccccc1)C(C)C. The zero-order chi connectivity index (χ0) is 30.3. The van der Waals surface area contributed by atoms with Gasteiger partial charge in [-0.3, -0.25) is 14.4 Å². The topological polar surface area (TPSA) is 111 Å². The summed E-state index contributed by atoms with van der Waals surface area (Å²) in [5, 5.41) is 5.89. The number of carbonyl (C=O) groups is 3. The van der Waals surface area contributed by atoms with Crippen molar-refractivity contribution in [2.24, 2.45) is 17.8 Å². The summed E-state index contributed by atoms with van der Waals surface area (Å²) >= 11 is 0. The van der Waals surface area contributed by atoms with Gasteiger partial charge in [0.15, 0.2) is 12.4 Å². The third-order valence-corrected chi connectivity index (χ3v) is 9.07. The molecule has 0 saturated heterocycles. The number of ether oxygens (including phenoxy) is 1. The molecular formula is C33H46N2O6P+. The molecule has 0 radical (unpaired) electrons. The Bertz CT molecular complexity index is 1140. The molecular weight excluding hydrogens is 551 g/mol. The Labute approximate surface area is 251 Å². The minimum Gasteiger partial charge on any atom is -0.469 e. The van der Waals surface area contributed by atoms with Gasteiger partial charge in [0, 0.05) is 12.8 Å². The minimum absolute atomic E-state index is 0.0143. The van der Waals surface area contributed by atoms with Crippen molar-refractivity contribution in [3.8, 4) is 0 Å². The first kappa shape index (κ1) is 33.4. The monoisotopic (exact) mass is 597 g/mol. The Morgan fingerprint density at radius 1 is 0.905 bits per heavy atom. The lowest BCUT2D eigenvalue weighted by atomic mass is 9.86. The number of aryl methyl sites for hydroxylation is 1. The summed E-state index contributed by atoms with van der Waals surface area (Å²) in [6, 6.07) is 18.5. The zero-order valence-corrected chi connectivity index (χ0v) is 26.0. The Hall–Kier alpha value is -3.09. The molecule has 0 heterocycles. The van der Waals surface area contributed by atoms with Crippen molar-refractivity contribution in [3.63, 3.8) is 0 Å². The van der Waals surface area contributed by atoms with Crippen molar-refractivity contribution < 1.29 is 28.2 Å². The fourth-order valence-corrected chi connectivity index (χ4v) is 6.80. The summed E-state index contributed by atoms with van der Waals surface area (Å²) in [6.07, 6.45) is 6.33. The molecule has 228 valence electrons. The van der Waals surface area contributed by atoms with Crippen LogP contribution in [0.2, 0.25) is 0 Å². The molecule has 4 atom stereocenters. The van der Waals surface area contributed by atoms with Gasteiger partial charge in [-0.25, -0.2) is 0 Å². The van der Waals surface area contributed by atoms with Crippen LogP contribution in [-0.4, -0.2) is 43.3 Å². The number of esters is 1. The average molecular weight is 598 g/mol. The number of methoxy groups -OCH3 is 1. The molecule has 0 aliphatic heterocycles. The quantitative estimate of drug-likeness (QED) is 0.140. The molecule has 1 fully saturated rings. The van der Waals surface area contributed by atoms with Gasteiger partial charge in [0.05, 0.1) is 7.11 Å². The maximum atomic E-state index is 13.7. The smallest absolute Gasteiger partial charge is 0.469 e. The number of hydrogen-bond donors (Lipinski definition) is 2. The number of benzene rings is 2. The van der Waals surface area contributed by atoms with Crippen molar-refractivity contribution in [2.75, 3.05) is 13.3 Å². The van der Waals surface area contributed by atoms with E-state index in [1.807, 2.05) is 74.5 Å². The van der Waals surface area contributed by atoms with Crippen molar-refractivity contribution in [3.05, 3.63) is 71.8 Å². The van der Waals surface area contributed by atoms with Gasteiger partial charge in [0.25, 0.3) is 0 Å². The molecule has 2 aromatic rings. The van der Waals surface area contributed by atoms with Gasteiger partial charge in [0.2, 0.25) is 11.8 Å². The molecule has 0 bridgehead atoms. The van der Waals surface area contributed by atoms with Gasteiger partial charge >= 0.3 is 14.0 Å². The molecule has 1 aliphatic carbocycles. The van der Waals surface area contributed by atoms with Gasteiger partial charge in [-0.1, -0.05) is 107 Å². The maximum absolute atomic E-state index is 13.7. The van der Waals surface area contributed by atoms with E-state index in [0.29, 0.717) is 25.2 Å². The summed E-state index contributed by atoms with van der Waals surface area (Å²) < 4.78 is 24.0. The summed E-state index contributed by atoms with van der Waals surface area (Å²) in [6.45, 7) is 3.75. The van der Waals surface area contributed by atoms with E-state index in [1.54, 1.807) is 0 Å². The van der Waals surface area contributed by atoms with Crippen LogP contribution in [0.15, 0.2) is 60.7 Å². The van der Waals surface area contributed by atoms with Crippen molar-refractivity contribution in [1.82, 2.24) is 10.6 Å². The van der Waals surface area contributed by atoms with Crippen LogP contribution in [0.3, 0.4) is 0 Å². The highest BCUT2D eigenvalue weighted by molar-refractivity contribution is 7.39. The molecule has 3 unspecified atom stereocenters. The van der Waals surface area contributed by atoms with Gasteiger partial charge in [-0.15, -0.1) is 4.52 Å². The first-order valence-electron chi connectivity index (χ1n) is 15.1. The summed E-state index contributed by atoms with van der Waals surface area (Å²) in [5.74, 6) is -1.34. The van der Waals surface area contributed by atoms with E-state index in [0.717, 1.165) is 36.8 Å². The molecule has 3 rings (SSSR count). The lowest BCUT2D eigenvalue weighted by Gasteiger charge is -2.26. The molecule has 0 spiro atoms. The van der Waals surface area contributed by atoms with Crippen LogP contribution < -0.4 is 10.6 Å². The predicted molar refractivity (Wildman–Crippen MR) is 164 cm³/mol. The van der Waals surface area contributed by atoms with E-state index in [1.165, 1.54) is 13.5 Å². The second kappa shape index (κ2) is 17.8. The van der Waals surface area contributed by atoms with Crippen LogP contribution in [0.5, 0.6) is 0 Å². The van der Waals surface area contributed by atoms with E-state index in [2.05, 4.69) is 10.6 Å². The van der Waals surface area contributed by atoms with E-state index in [-0.39, 0.29) is 30.3 Å². The van der Waals surface area contributed by atoms with Gasteiger partial charge in [-0.05, 0) is 40.4 Å². The molecule has 2 N–H and O–H groups in total. The van der Waals surface area contributed by atoms with Crippen LogP contribution in [0.1, 0.15) is 69.9 Å². The fraction of sp³-hybridized carbons (Fsp3) is 0.545. The molecule has 2 aromatic carbocycles. The van der Waals surface area contributed by atoms with Gasteiger partial charge in [-0.2, -0.15) is 0 Å². The molecule has 42 heavy (non-hydrogen) atoms. The van der Waals surface area contributed by atoms with E-state index >= 15 is 0 Å². The highest BCUT2D eigenvalue weighted by atomic mass is 31.1. The summed E-state index contributed by atoms with van der Waals surface area (Å²) in [5.41, 5.74) is 1.96. The molecule has 2 amide bonds. The third kappa shape index (κ3) is 11.7. The number of hydrogen-bond acceptors (Lipinski definition) is 6. The van der Waals surface area contributed by atoms with Gasteiger partial charge in [0.1, 0.15) is 12.0 Å².